The summed E-state index contributed by atoms with van der Waals surface area (Å²) in [5.41, 5.74) is 0. The van der Waals surface area contributed by atoms with E-state index in [1.54, 1.807) is 13.8 Å². The highest BCUT2D eigenvalue weighted by molar-refractivity contribution is 4.82. The molecule has 5 nitrogen and oxygen atoms in total. The summed E-state index contributed by atoms with van der Waals surface area (Å²) in [6.45, 7) is 7.27. The van der Waals surface area contributed by atoms with E-state index in [0.29, 0.717) is 0 Å². The third-order valence-corrected chi connectivity index (χ3v) is 4.71. The number of ether oxygens (including phenoxy) is 1. The highest BCUT2D eigenvalue weighted by Gasteiger charge is 2.32. The lowest BCUT2D eigenvalue weighted by molar-refractivity contribution is -0.143. The summed E-state index contributed by atoms with van der Waals surface area (Å²) in [5.74, 6) is -0.494. The van der Waals surface area contributed by atoms with Gasteiger partial charge in [0.1, 0.15) is 12.2 Å². The van der Waals surface area contributed by atoms with Crippen LogP contribution < -0.4 is 0 Å². The molecule has 5 unspecified atom stereocenters. The van der Waals surface area contributed by atoms with E-state index >= 15 is 0 Å². The van der Waals surface area contributed by atoms with Crippen molar-refractivity contribution < 1.29 is 25.2 Å². The first kappa shape index (κ1) is 23.8. The molecule has 146 valence electrons. The van der Waals surface area contributed by atoms with Crippen LogP contribution in [0.25, 0.3) is 0 Å². The molecule has 0 saturated heterocycles. The van der Waals surface area contributed by atoms with E-state index in [1.807, 2.05) is 6.92 Å². The molecule has 5 heteroatoms. The van der Waals surface area contributed by atoms with Crippen LogP contribution in [0.3, 0.4) is 0 Å². The van der Waals surface area contributed by atoms with E-state index in [9.17, 15) is 15.3 Å². The van der Waals surface area contributed by atoms with Crippen molar-refractivity contribution in [2.45, 2.75) is 110 Å². The normalized spacial score (nSPS) is 19.5. The number of aliphatic hydroxyl groups is 4. The van der Waals surface area contributed by atoms with Crippen molar-refractivity contribution in [1.82, 2.24) is 0 Å². The van der Waals surface area contributed by atoms with Crippen LogP contribution in [0.2, 0.25) is 0 Å². The minimum Gasteiger partial charge on any atom is -0.396 e. The Morgan fingerprint density at radius 3 is 1.83 bits per heavy atom. The van der Waals surface area contributed by atoms with Crippen LogP contribution in [0.1, 0.15) is 79.1 Å². The minimum absolute atomic E-state index is 0.00454. The molecule has 0 bridgehead atoms. The molecule has 0 aromatic rings. The Balaban J connectivity index is 3.96. The lowest BCUT2D eigenvalue weighted by atomic mass is 9.95. The molecule has 6 atom stereocenters. The summed E-state index contributed by atoms with van der Waals surface area (Å²) in [6, 6.07) is 0. The molecule has 0 saturated carbocycles. The van der Waals surface area contributed by atoms with Gasteiger partial charge in [-0.2, -0.15) is 0 Å². The van der Waals surface area contributed by atoms with Crippen molar-refractivity contribution in [3.05, 3.63) is 0 Å². The van der Waals surface area contributed by atoms with Gasteiger partial charge in [-0.25, -0.2) is 0 Å². The fourth-order valence-electron chi connectivity index (χ4n) is 2.83. The highest BCUT2D eigenvalue weighted by atomic mass is 16.5. The largest absolute Gasteiger partial charge is 0.396 e. The smallest absolute Gasteiger partial charge is 0.109 e. The van der Waals surface area contributed by atoms with Crippen LogP contribution >= 0.6 is 0 Å². The average Bonchev–Trinajstić information content (AvgIpc) is 2.58. The third-order valence-electron chi connectivity index (χ3n) is 4.71. The second kappa shape index (κ2) is 14.0. The first-order valence-electron chi connectivity index (χ1n) is 9.65. The predicted molar refractivity (Wildman–Crippen MR) is 96.9 cm³/mol. The predicted octanol–water partition coefficient (Wildman–Crippen LogP) is 2.63. The van der Waals surface area contributed by atoms with Crippen molar-refractivity contribution in [3.8, 4) is 0 Å². The molecule has 24 heavy (non-hydrogen) atoms. The van der Waals surface area contributed by atoms with Gasteiger partial charge in [0.2, 0.25) is 0 Å². The van der Waals surface area contributed by atoms with Crippen molar-refractivity contribution >= 4 is 0 Å². The third kappa shape index (κ3) is 9.94. The van der Waals surface area contributed by atoms with Crippen molar-refractivity contribution in [2.24, 2.45) is 5.92 Å². The van der Waals surface area contributed by atoms with E-state index in [2.05, 4.69) is 6.92 Å². The maximum absolute atomic E-state index is 10.1. The molecular weight excluding hydrogens is 308 g/mol. The molecule has 0 radical (unpaired) electrons. The highest BCUT2D eigenvalue weighted by Crippen LogP contribution is 2.17. The Morgan fingerprint density at radius 1 is 0.750 bits per heavy atom. The minimum atomic E-state index is -1.33. The molecule has 0 rings (SSSR count). The summed E-state index contributed by atoms with van der Waals surface area (Å²) in [4.78, 5) is 0. The first-order valence-corrected chi connectivity index (χ1v) is 9.65. The van der Waals surface area contributed by atoms with Crippen LogP contribution in [0, 0.1) is 5.92 Å². The second-order valence-electron chi connectivity index (χ2n) is 7.19. The number of unbranched alkanes of at least 4 members (excludes halogenated alkanes) is 6. The molecule has 0 spiro atoms. The Kier molecular flexibility index (Phi) is 13.9. The average molecular weight is 349 g/mol. The van der Waals surface area contributed by atoms with Gasteiger partial charge >= 0.3 is 0 Å². The lowest BCUT2D eigenvalue weighted by Crippen LogP contribution is -2.47. The maximum atomic E-state index is 10.1. The van der Waals surface area contributed by atoms with Gasteiger partial charge in [0.15, 0.2) is 0 Å². The molecule has 0 aromatic heterocycles. The Morgan fingerprint density at radius 2 is 1.29 bits per heavy atom. The number of hydrogen-bond donors (Lipinski definition) is 4. The molecule has 4 N–H and O–H groups in total. The number of rotatable bonds is 15. The van der Waals surface area contributed by atoms with Gasteiger partial charge in [0.05, 0.1) is 18.3 Å². The van der Waals surface area contributed by atoms with E-state index in [0.717, 1.165) is 12.8 Å². The van der Waals surface area contributed by atoms with Crippen LogP contribution in [0.15, 0.2) is 0 Å². The topological polar surface area (TPSA) is 90.2 Å². The van der Waals surface area contributed by atoms with Gasteiger partial charge in [0, 0.05) is 12.5 Å². The molecule has 0 aliphatic heterocycles. The van der Waals surface area contributed by atoms with Crippen LogP contribution in [0.4, 0.5) is 0 Å². The quantitative estimate of drug-likeness (QED) is 0.342. The summed E-state index contributed by atoms with van der Waals surface area (Å²) >= 11 is 0. The van der Waals surface area contributed by atoms with Crippen LogP contribution in [-0.4, -0.2) is 57.6 Å². The monoisotopic (exact) mass is 348 g/mol. The molecule has 0 fully saturated rings. The van der Waals surface area contributed by atoms with E-state index in [-0.39, 0.29) is 12.7 Å². The van der Waals surface area contributed by atoms with E-state index in [4.69, 9.17) is 9.84 Å². The van der Waals surface area contributed by atoms with Crippen LogP contribution in [0.5, 0.6) is 0 Å². The molecule has 0 aromatic carbocycles. The lowest BCUT2D eigenvalue weighted by Gasteiger charge is -2.31. The standard InChI is InChI=1S/C19H40O5/c1-5-6-7-8-9-10-11-12-15(3)24-16(4)18(22)19(23)17(21)14(2)13-20/h14-23H,5-13H2,1-4H3/t14?,15?,16-,17?,18?,19?/m1/s1. The van der Waals surface area contributed by atoms with Gasteiger partial charge < -0.3 is 25.2 Å². The summed E-state index contributed by atoms with van der Waals surface area (Å²) in [5, 5.41) is 39.0. The second-order valence-corrected chi connectivity index (χ2v) is 7.19. The molecule has 0 aliphatic carbocycles. The van der Waals surface area contributed by atoms with Crippen molar-refractivity contribution in [3.63, 3.8) is 0 Å². The van der Waals surface area contributed by atoms with Gasteiger partial charge in [-0.3, -0.25) is 0 Å². The maximum Gasteiger partial charge on any atom is 0.109 e. The van der Waals surface area contributed by atoms with E-state index in [1.165, 1.54) is 38.5 Å². The molecule has 0 aliphatic rings. The Bertz CT molecular complexity index is 287. The molecular formula is C19H40O5. The zero-order valence-corrected chi connectivity index (χ0v) is 16.0. The van der Waals surface area contributed by atoms with Gasteiger partial charge in [-0.15, -0.1) is 0 Å². The first-order chi connectivity index (χ1) is 11.3. The van der Waals surface area contributed by atoms with Gasteiger partial charge in [0.25, 0.3) is 0 Å². The molecule has 0 amide bonds. The number of aliphatic hydroxyl groups excluding tert-OH is 4. The number of hydrogen-bond acceptors (Lipinski definition) is 5. The van der Waals surface area contributed by atoms with Gasteiger partial charge in [-0.05, 0) is 20.3 Å². The van der Waals surface area contributed by atoms with Crippen molar-refractivity contribution in [2.75, 3.05) is 6.61 Å². The van der Waals surface area contributed by atoms with E-state index < -0.39 is 30.3 Å². The fourth-order valence-corrected chi connectivity index (χ4v) is 2.83. The summed E-state index contributed by atoms with van der Waals surface area (Å²) in [7, 11) is 0. The zero-order valence-electron chi connectivity index (χ0n) is 16.0. The fraction of sp³-hybridized carbons (Fsp3) is 1.00. The Hall–Kier alpha value is -0.200. The summed E-state index contributed by atoms with van der Waals surface area (Å²) < 4.78 is 5.76. The Labute approximate surface area is 148 Å². The zero-order chi connectivity index (χ0) is 18.5. The van der Waals surface area contributed by atoms with Gasteiger partial charge in [-0.1, -0.05) is 58.8 Å². The summed E-state index contributed by atoms with van der Waals surface area (Å²) in [6.07, 6.45) is 5.44. The molecule has 0 heterocycles. The van der Waals surface area contributed by atoms with Crippen LogP contribution in [-0.2, 0) is 4.74 Å². The SMILES string of the molecule is CCCCCCCCCC(C)O[C@H](C)C(O)C(O)C(O)C(C)CO. The van der Waals surface area contributed by atoms with Crippen molar-refractivity contribution in [1.29, 1.82) is 0 Å².